The molecule has 1 amide bonds. The molecule has 1 atom stereocenters. The topological polar surface area (TPSA) is 71.8 Å². The van der Waals surface area contributed by atoms with E-state index in [1.807, 2.05) is 0 Å². The fourth-order valence-electron chi connectivity index (χ4n) is 3.77. The first-order valence-corrected chi connectivity index (χ1v) is 8.64. The summed E-state index contributed by atoms with van der Waals surface area (Å²) in [5.74, 6) is 0.454. The lowest BCUT2D eigenvalue weighted by molar-refractivity contribution is -0.123. The quantitative estimate of drug-likeness (QED) is 0.870. The van der Waals surface area contributed by atoms with E-state index in [4.69, 9.17) is 0 Å². The van der Waals surface area contributed by atoms with Crippen LogP contribution >= 0.6 is 0 Å². The van der Waals surface area contributed by atoms with E-state index in [-0.39, 0.29) is 11.8 Å². The second-order valence-corrected chi connectivity index (χ2v) is 7.00. The average Bonchev–Trinajstić information content (AvgIpc) is 3.05. The molecule has 1 aromatic carbocycles. The Hall–Kier alpha value is -2.21. The van der Waals surface area contributed by atoms with Crippen LogP contribution in [0.3, 0.4) is 0 Å². The van der Waals surface area contributed by atoms with Crippen molar-refractivity contribution in [1.29, 1.82) is 0 Å². The molecular formula is C18H23N5O. The lowest BCUT2D eigenvalue weighted by atomic mass is 9.92. The molecule has 1 aromatic heterocycles. The third-order valence-corrected chi connectivity index (χ3v) is 5.41. The van der Waals surface area contributed by atoms with Crippen LogP contribution in [0, 0.1) is 11.3 Å². The summed E-state index contributed by atoms with van der Waals surface area (Å²) in [6, 6.07) is 8.29. The van der Waals surface area contributed by atoms with Gasteiger partial charge in [0.2, 0.25) is 5.91 Å². The SMILES string of the molecule is O=C(NCc1ccc(Cn2cncn2)cc1)C1CC12CCNCC2. The zero-order valence-corrected chi connectivity index (χ0v) is 13.7. The summed E-state index contributed by atoms with van der Waals surface area (Å²) < 4.78 is 1.79. The highest BCUT2D eigenvalue weighted by Gasteiger charge is 2.57. The fourth-order valence-corrected chi connectivity index (χ4v) is 3.77. The molecule has 2 aliphatic rings. The molecular weight excluding hydrogens is 302 g/mol. The van der Waals surface area contributed by atoms with Gasteiger partial charge < -0.3 is 10.6 Å². The number of benzene rings is 1. The average molecular weight is 325 g/mol. The highest BCUT2D eigenvalue weighted by atomic mass is 16.2. The number of carbonyl (C=O) groups excluding carboxylic acids is 1. The molecule has 2 N–H and O–H groups in total. The Balaban J connectivity index is 1.28. The number of aromatic nitrogens is 3. The Labute approximate surface area is 141 Å². The zero-order chi connectivity index (χ0) is 16.4. The lowest BCUT2D eigenvalue weighted by Gasteiger charge is -2.23. The molecule has 1 unspecified atom stereocenters. The van der Waals surface area contributed by atoms with Gasteiger partial charge in [-0.3, -0.25) is 4.79 Å². The third kappa shape index (κ3) is 3.19. The van der Waals surface area contributed by atoms with Gasteiger partial charge in [0.05, 0.1) is 6.54 Å². The molecule has 24 heavy (non-hydrogen) atoms. The molecule has 2 fully saturated rings. The van der Waals surface area contributed by atoms with Crippen molar-refractivity contribution in [1.82, 2.24) is 25.4 Å². The number of nitrogens with zero attached hydrogens (tertiary/aromatic N) is 3. The summed E-state index contributed by atoms with van der Waals surface area (Å²) in [7, 11) is 0. The van der Waals surface area contributed by atoms with Crippen molar-refractivity contribution in [2.75, 3.05) is 13.1 Å². The molecule has 2 heterocycles. The van der Waals surface area contributed by atoms with Crippen LogP contribution in [0.15, 0.2) is 36.9 Å². The molecule has 6 heteroatoms. The van der Waals surface area contributed by atoms with Crippen LogP contribution in [0.5, 0.6) is 0 Å². The maximum atomic E-state index is 12.4. The maximum absolute atomic E-state index is 12.4. The molecule has 0 bridgehead atoms. The first-order chi connectivity index (χ1) is 11.8. The standard InChI is InChI=1S/C18H23N5O/c24-17(16-9-18(16)5-7-19-8-6-18)21-10-14-1-3-15(4-2-14)11-23-13-20-12-22-23/h1-4,12-13,16,19H,5-11H2,(H,21,24). The van der Waals surface area contributed by atoms with Gasteiger partial charge in [0.25, 0.3) is 0 Å². The molecule has 1 spiro atoms. The Morgan fingerprint density at radius 2 is 2.00 bits per heavy atom. The molecule has 126 valence electrons. The summed E-state index contributed by atoms with van der Waals surface area (Å²) in [6.07, 6.45) is 6.60. The number of piperidine rings is 1. The van der Waals surface area contributed by atoms with Crippen molar-refractivity contribution in [2.24, 2.45) is 11.3 Å². The van der Waals surface area contributed by atoms with Crippen LogP contribution in [-0.2, 0) is 17.9 Å². The predicted molar refractivity (Wildman–Crippen MR) is 90.1 cm³/mol. The van der Waals surface area contributed by atoms with Crippen LogP contribution in [-0.4, -0.2) is 33.8 Å². The number of hydrogen-bond acceptors (Lipinski definition) is 4. The van der Waals surface area contributed by atoms with E-state index >= 15 is 0 Å². The van der Waals surface area contributed by atoms with Crippen molar-refractivity contribution in [3.8, 4) is 0 Å². The minimum Gasteiger partial charge on any atom is -0.352 e. The molecule has 0 radical (unpaired) electrons. The summed E-state index contributed by atoms with van der Waals surface area (Å²) >= 11 is 0. The molecule has 6 nitrogen and oxygen atoms in total. The highest BCUT2D eigenvalue weighted by Crippen LogP contribution is 2.58. The van der Waals surface area contributed by atoms with Gasteiger partial charge in [-0.2, -0.15) is 5.10 Å². The van der Waals surface area contributed by atoms with E-state index < -0.39 is 0 Å². The van der Waals surface area contributed by atoms with Crippen molar-refractivity contribution in [3.05, 3.63) is 48.0 Å². The first kappa shape index (κ1) is 15.3. The van der Waals surface area contributed by atoms with Gasteiger partial charge in [-0.25, -0.2) is 9.67 Å². The molecule has 4 rings (SSSR count). The van der Waals surface area contributed by atoms with Crippen LogP contribution in [0.25, 0.3) is 0 Å². The number of amides is 1. The second kappa shape index (κ2) is 6.36. The van der Waals surface area contributed by atoms with Gasteiger partial charge in [-0.05, 0) is 48.9 Å². The summed E-state index contributed by atoms with van der Waals surface area (Å²) in [5.41, 5.74) is 2.61. The molecule has 2 aromatic rings. The Morgan fingerprint density at radius 1 is 1.25 bits per heavy atom. The molecule has 1 aliphatic heterocycles. The van der Waals surface area contributed by atoms with Crippen LogP contribution in [0.1, 0.15) is 30.4 Å². The Bertz CT molecular complexity index is 689. The van der Waals surface area contributed by atoms with Crippen molar-refractivity contribution in [3.63, 3.8) is 0 Å². The van der Waals surface area contributed by atoms with Gasteiger partial charge >= 0.3 is 0 Å². The zero-order valence-electron chi connectivity index (χ0n) is 13.7. The second-order valence-electron chi connectivity index (χ2n) is 7.00. The normalized spacial score (nSPS) is 21.6. The number of carbonyl (C=O) groups is 1. The molecule has 1 saturated heterocycles. The lowest BCUT2D eigenvalue weighted by Crippen LogP contribution is -2.33. The maximum Gasteiger partial charge on any atom is 0.223 e. The minimum atomic E-state index is 0.226. The van der Waals surface area contributed by atoms with Crippen molar-refractivity contribution >= 4 is 5.91 Å². The monoisotopic (exact) mass is 325 g/mol. The van der Waals surface area contributed by atoms with Crippen LogP contribution < -0.4 is 10.6 Å². The number of rotatable bonds is 5. The van der Waals surface area contributed by atoms with Crippen molar-refractivity contribution < 1.29 is 4.79 Å². The largest absolute Gasteiger partial charge is 0.352 e. The van der Waals surface area contributed by atoms with E-state index in [1.54, 1.807) is 11.0 Å². The third-order valence-electron chi connectivity index (χ3n) is 5.41. The van der Waals surface area contributed by atoms with E-state index in [0.29, 0.717) is 18.5 Å². The summed E-state index contributed by atoms with van der Waals surface area (Å²) in [6.45, 7) is 3.42. The van der Waals surface area contributed by atoms with Crippen LogP contribution in [0.4, 0.5) is 0 Å². The van der Waals surface area contributed by atoms with Gasteiger partial charge in [0, 0.05) is 12.5 Å². The Morgan fingerprint density at radius 3 is 2.71 bits per heavy atom. The van der Waals surface area contributed by atoms with E-state index in [2.05, 4.69) is 45.0 Å². The van der Waals surface area contributed by atoms with Gasteiger partial charge in [0.15, 0.2) is 0 Å². The first-order valence-electron chi connectivity index (χ1n) is 8.64. The highest BCUT2D eigenvalue weighted by molar-refractivity contribution is 5.82. The van der Waals surface area contributed by atoms with Crippen LogP contribution in [0.2, 0.25) is 0 Å². The van der Waals surface area contributed by atoms with Gasteiger partial charge in [0.1, 0.15) is 12.7 Å². The van der Waals surface area contributed by atoms with E-state index in [1.165, 1.54) is 11.9 Å². The minimum absolute atomic E-state index is 0.226. The molecule has 1 aliphatic carbocycles. The predicted octanol–water partition coefficient (Wildman–Crippen LogP) is 1.33. The fraction of sp³-hybridized carbons (Fsp3) is 0.500. The van der Waals surface area contributed by atoms with Gasteiger partial charge in [-0.1, -0.05) is 24.3 Å². The smallest absolute Gasteiger partial charge is 0.223 e. The number of nitrogens with one attached hydrogen (secondary N) is 2. The van der Waals surface area contributed by atoms with Crippen molar-refractivity contribution in [2.45, 2.75) is 32.4 Å². The van der Waals surface area contributed by atoms with E-state index in [0.717, 1.165) is 37.9 Å². The summed E-state index contributed by atoms with van der Waals surface area (Å²) in [5, 5.41) is 10.6. The van der Waals surface area contributed by atoms with Gasteiger partial charge in [-0.15, -0.1) is 0 Å². The van der Waals surface area contributed by atoms with E-state index in [9.17, 15) is 4.79 Å². The number of hydrogen-bond donors (Lipinski definition) is 2. The Kier molecular flexibility index (Phi) is 4.06. The summed E-state index contributed by atoms with van der Waals surface area (Å²) in [4.78, 5) is 16.3. The molecule has 1 saturated carbocycles.